The molecule has 356 valence electrons. The lowest BCUT2D eigenvalue weighted by Gasteiger charge is -2.20. The van der Waals surface area contributed by atoms with E-state index in [0.717, 1.165) is 38.5 Å². The average molecular weight is 875 g/mol. The zero-order chi connectivity index (χ0) is 44.0. The summed E-state index contributed by atoms with van der Waals surface area (Å²) < 4.78 is 32.8. The van der Waals surface area contributed by atoms with Crippen LogP contribution >= 0.6 is 7.82 Å². The van der Waals surface area contributed by atoms with Crippen LogP contribution in [0.15, 0.2) is 12.2 Å². The van der Waals surface area contributed by atoms with Crippen molar-refractivity contribution in [3.8, 4) is 0 Å². The van der Waals surface area contributed by atoms with Gasteiger partial charge in [0.25, 0.3) is 0 Å². The number of phosphoric acid groups is 1. The van der Waals surface area contributed by atoms with Gasteiger partial charge in [0.2, 0.25) is 0 Å². The third-order valence-electron chi connectivity index (χ3n) is 11.2. The van der Waals surface area contributed by atoms with E-state index >= 15 is 0 Å². The lowest BCUT2D eigenvalue weighted by Crippen LogP contribution is -2.29. The van der Waals surface area contributed by atoms with Gasteiger partial charge in [-0.05, 0) is 38.5 Å². The predicted molar refractivity (Wildman–Crippen MR) is 247 cm³/mol. The number of aliphatic hydroxyl groups is 2. The summed E-state index contributed by atoms with van der Waals surface area (Å²) in [6.45, 7) is 2.43. The van der Waals surface area contributed by atoms with E-state index in [2.05, 4.69) is 26.0 Å². The minimum atomic E-state index is -4.62. The molecule has 0 aromatic carbocycles. The molecule has 0 aliphatic carbocycles. The smallest absolute Gasteiger partial charge is 0.462 e. The summed E-state index contributed by atoms with van der Waals surface area (Å²) >= 11 is 0. The predicted octanol–water partition coefficient (Wildman–Crippen LogP) is 14.0. The van der Waals surface area contributed by atoms with Crippen LogP contribution in [0.5, 0.6) is 0 Å². The van der Waals surface area contributed by atoms with Crippen molar-refractivity contribution in [1.82, 2.24) is 0 Å². The molecule has 0 aliphatic heterocycles. The Morgan fingerprint density at radius 3 is 1.20 bits per heavy atom. The van der Waals surface area contributed by atoms with Crippen molar-refractivity contribution in [1.29, 1.82) is 0 Å². The summed E-state index contributed by atoms with van der Waals surface area (Å²) in [5, 5.41) is 18.4. The Morgan fingerprint density at radius 1 is 0.483 bits per heavy atom. The Balaban J connectivity index is 4.14. The van der Waals surface area contributed by atoms with Crippen molar-refractivity contribution in [2.24, 2.45) is 0 Å². The first kappa shape index (κ1) is 58.7. The van der Waals surface area contributed by atoms with Gasteiger partial charge in [-0.2, -0.15) is 0 Å². The van der Waals surface area contributed by atoms with Gasteiger partial charge in [0.05, 0.1) is 19.8 Å². The Kier molecular flexibility index (Phi) is 44.7. The van der Waals surface area contributed by atoms with Crippen LogP contribution in [0.4, 0.5) is 0 Å². The van der Waals surface area contributed by atoms with Crippen molar-refractivity contribution in [2.45, 2.75) is 264 Å². The molecule has 3 N–H and O–H groups in total. The van der Waals surface area contributed by atoms with Crippen molar-refractivity contribution < 1.29 is 47.8 Å². The number of esters is 2. The quantitative estimate of drug-likeness (QED) is 0.0233. The molecule has 0 saturated carbocycles. The van der Waals surface area contributed by atoms with E-state index in [-0.39, 0.29) is 19.4 Å². The van der Waals surface area contributed by atoms with Crippen LogP contribution in [-0.4, -0.2) is 65.7 Å². The molecule has 10 nitrogen and oxygen atoms in total. The van der Waals surface area contributed by atoms with Crippen LogP contribution in [0.25, 0.3) is 0 Å². The second-order valence-corrected chi connectivity index (χ2v) is 18.7. The number of carbonyl (C=O) groups excluding carboxylic acids is 2. The number of aliphatic hydroxyl groups excluding tert-OH is 2. The summed E-state index contributed by atoms with van der Waals surface area (Å²) in [5.41, 5.74) is 0. The highest BCUT2D eigenvalue weighted by atomic mass is 31.2. The maximum Gasteiger partial charge on any atom is 0.472 e. The third kappa shape index (κ3) is 44.8. The maximum absolute atomic E-state index is 12.7. The van der Waals surface area contributed by atoms with Gasteiger partial charge in [0.1, 0.15) is 12.7 Å². The highest BCUT2D eigenvalue weighted by Gasteiger charge is 2.27. The number of carbonyl (C=O) groups is 2. The molecule has 0 radical (unpaired) electrons. The molecule has 0 rings (SSSR count). The van der Waals surface area contributed by atoms with Crippen molar-refractivity contribution in [2.75, 3.05) is 26.4 Å². The minimum absolute atomic E-state index is 0.191. The first-order valence-electron chi connectivity index (χ1n) is 25.1. The minimum Gasteiger partial charge on any atom is -0.462 e. The third-order valence-corrected chi connectivity index (χ3v) is 12.1. The number of phosphoric ester groups is 1. The van der Waals surface area contributed by atoms with Crippen LogP contribution < -0.4 is 0 Å². The first-order valence-corrected chi connectivity index (χ1v) is 26.6. The van der Waals surface area contributed by atoms with Gasteiger partial charge in [-0.15, -0.1) is 0 Å². The summed E-state index contributed by atoms with van der Waals surface area (Å²) in [5.74, 6) is -0.909. The second kappa shape index (κ2) is 45.7. The number of allylic oxidation sites excluding steroid dienone is 2. The molecular formula is C49H95O10P. The van der Waals surface area contributed by atoms with E-state index in [9.17, 15) is 24.2 Å². The van der Waals surface area contributed by atoms with Crippen LogP contribution in [0.3, 0.4) is 0 Å². The Labute approximate surface area is 368 Å². The van der Waals surface area contributed by atoms with E-state index in [1.807, 2.05) is 0 Å². The number of hydrogen-bond acceptors (Lipinski definition) is 9. The summed E-state index contributed by atoms with van der Waals surface area (Å²) in [6.07, 6.45) is 46.0. The van der Waals surface area contributed by atoms with E-state index in [1.165, 1.54) is 173 Å². The molecule has 0 amide bonds. The lowest BCUT2D eigenvalue weighted by molar-refractivity contribution is -0.161. The van der Waals surface area contributed by atoms with E-state index < -0.39 is 51.8 Å². The molecular weight excluding hydrogens is 780 g/mol. The Morgan fingerprint density at radius 2 is 0.817 bits per heavy atom. The second-order valence-electron chi connectivity index (χ2n) is 17.2. The zero-order valence-electron chi connectivity index (χ0n) is 38.9. The van der Waals surface area contributed by atoms with Gasteiger partial charge in [0, 0.05) is 12.8 Å². The lowest BCUT2D eigenvalue weighted by atomic mass is 10.0. The first-order chi connectivity index (χ1) is 29.2. The zero-order valence-corrected chi connectivity index (χ0v) is 39.8. The molecule has 0 fully saturated rings. The molecule has 0 aromatic heterocycles. The molecule has 0 heterocycles. The number of ether oxygens (including phenoxy) is 2. The summed E-state index contributed by atoms with van der Waals surface area (Å²) in [7, 11) is -4.62. The van der Waals surface area contributed by atoms with E-state index in [1.54, 1.807) is 0 Å². The normalized spacial score (nSPS) is 13.8. The highest BCUT2D eigenvalue weighted by Crippen LogP contribution is 2.43. The SMILES string of the molecule is CCCCCCCC/C=C/CCCCCCCCCCCCCC(=O)OC[C@@H](COP(=O)(O)OC[C@H](O)CO)OC(=O)CCCCCCCCCCCCCCCCCC. The molecule has 60 heavy (non-hydrogen) atoms. The van der Waals surface area contributed by atoms with E-state index in [4.69, 9.17) is 23.6 Å². The summed E-state index contributed by atoms with van der Waals surface area (Å²) in [6, 6.07) is 0. The molecule has 1 unspecified atom stereocenters. The van der Waals surface area contributed by atoms with Crippen molar-refractivity contribution in [3.63, 3.8) is 0 Å². The van der Waals surface area contributed by atoms with Crippen molar-refractivity contribution >= 4 is 19.8 Å². The van der Waals surface area contributed by atoms with Crippen LogP contribution in [0.2, 0.25) is 0 Å². The maximum atomic E-state index is 12.7. The molecule has 0 bridgehead atoms. The Hall–Kier alpha value is -1.29. The van der Waals surface area contributed by atoms with Crippen molar-refractivity contribution in [3.05, 3.63) is 12.2 Å². The average Bonchev–Trinajstić information content (AvgIpc) is 3.24. The number of hydrogen-bond donors (Lipinski definition) is 3. The highest BCUT2D eigenvalue weighted by molar-refractivity contribution is 7.47. The van der Waals surface area contributed by atoms with Crippen LogP contribution in [-0.2, 0) is 32.7 Å². The van der Waals surface area contributed by atoms with Gasteiger partial charge in [-0.1, -0.05) is 212 Å². The molecule has 0 spiro atoms. The van der Waals surface area contributed by atoms with Gasteiger partial charge < -0.3 is 24.6 Å². The molecule has 3 atom stereocenters. The topological polar surface area (TPSA) is 149 Å². The Bertz CT molecular complexity index is 1010. The fourth-order valence-electron chi connectivity index (χ4n) is 7.28. The fraction of sp³-hybridized carbons (Fsp3) is 0.918. The van der Waals surface area contributed by atoms with Gasteiger partial charge in [0.15, 0.2) is 6.10 Å². The monoisotopic (exact) mass is 875 g/mol. The molecule has 0 saturated heterocycles. The van der Waals surface area contributed by atoms with E-state index in [0.29, 0.717) is 12.8 Å². The van der Waals surface area contributed by atoms with Crippen LogP contribution in [0, 0.1) is 0 Å². The van der Waals surface area contributed by atoms with Gasteiger partial charge in [-0.25, -0.2) is 4.57 Å². The van der Waals surface area contributed by atoms with Crippen LogP contribution in [0.1, 0.15) is 251 Å². The largest absolute Gasteiger partial charge is 0.472 e. The molecule has 11 heteroatoms. The molecule has 0 aromatic rings. The number of rotatable bonds is 48. The molecule has 0 aliphatic rings. The fourth-order valence-corrected chi connectivity index (χ4v) is 8.07. The number of unbranched alkanes of at least 4 members (excludes halogenated alkanes) is 32. The van der Waals surface area contributed by atoms with Gasteiger partial charge >= 0.3 is 19.8 Å². The van der Waals surface area contributed by atoms with Gasteiger partial charge in [-0.3, -0.25) is 18.6 Å². The summed E-state index contributed by atoms with van der Waals surface area (Å²) in [4.78, 5) is 35.1. The standard InChI is InChI=1S/C49H95O10P/c1-3-5-7-9-11-13-15-17-19-21-22-23-24-25-27-28-30-32-34-36-38-40-48(52)56-44-47(45-58-60(54,55)57-43-46(51)42-50)59-49(53)41-39-37-35-33-31-29-26-20-18-16-14-12-10-8-6-4-2/h17,19,46-47,50-51H,3-16,18,20-45H2,1-2H3,(H,54,55)/b19-17+/t46-,47+/m1/s1.